The van der Waals surface area contributed by atoms with Crippen LogP contribution < -0.4 is 5.32 Å². The number of rotatable bonds is 5. The first-order valence-electron chi connectivity index (χ1n) is 9.50. The van der Waals surface area contributed by atoms with Crippen LogP contribution in [-0.4, -0.2) is 47.9 Å². The van der Waals surface area contributed by atoms with Crippen molar-refractivity contribution < 1.29 is 36.3 Å². The Bertz CT molecular complexity index is 974. The largest absolute Gasteiger partial charge is 0.471 e. The molecule has 1 fully saturated rings. The second-order valence-corrected chi connectivity index (χ2v) is 7.60. The molecule has 1 N–H and O–H groups in total. The molecule has 0 bridgehead atoms. The van der Waals surface area contributed by atoms with Gasteiger partial charge in [-0.1, -0.05) is 54.1 Å². The molecule has 0 saturated carbocycles. The van der Waals surface area contributed by atoms with Crippen LogP contribution in [-0.2, 0) is 22.6 Å². The Morgan fingerprint density at radius 1 is 1.12 bits per heavy atom. The number of amides is 2. The van der Waals surface area contributed by atoms with Gasteiger partial charge in [-0.05, 0) is 23.6 Å². The van der Waals surface area contributed by atoms with Crippen molar-refractivity contribution >= 4 is 23.6 Å². The van der Waals surface area contributed by atoms with Crippen molar-refractivity contribution in [1.82, 2.24) is 10.2 Å². The summed E-state index contributed by atoms with van der Waals surface area (Å²) in [5.41, 5.74) is 0.583. The Balaban J connectivity index is 1.84. The average Bonchev–Trinajstić information content (AvgIpc) is 3.05. The summed E-state index contributed by atoms with van der Waals surface area (Å²) in [5, 5.41) is 1.34. The Morgan fingerprint density at radius 2 is 1.81 bits per heavy atom. The molecule has 5 nitrogen and oxygen atoms in total. The predicted molar refractivity (Wildman–Crippen MR) is 105 cm³/mol. The van der Waals surface area contributed by atoms with Crippen molar-refractivity contribution in [3.8, 4) is 0 Å². The summed E-state index contributed by atoms with van der Waals surface area (Å²) in [6.45, 7) is -0.797. The Hall–Kier alpha value is -2.88. The van der Waals surface area contributed by atoms with Gasteiger partial charge in [0.05, 0.1) is 23.7 Å². The Labute approximate surface area is 185 Å². The smallest absolute Gasteiger partial charge is 0.445 e. The molecular weight excluding hydrogens is 459 g/mol. The second kappa shape index (κ2) is 9.72. The third-order valence-corrected chi connectivity index (χ3v) is 5.32. The highest BCUT2D eigenvalue weighted by atomic mass is 35.5. The van der Waals surface area contributed by atoms with E-state index in [0.29, 0.717) is 5.56 Å². The molecule has 1 aliphatic heterocycles. The van der Waals surface area contributed by atoms with Gasteiger partial charge in [0.25, 0.3) is 0 Å². The summed E-state index contributed by atoms with van der Waals surface area (Å²) in [6, 6.07) is 9.45. The molecule has 0 spiro atoms. The SMILES string of the molecule is O=C(OCc1ccccc1)N1CC(F)C(NC(=O)C(F)(F)F)C1Cc1cccc(Cl)c1F. The van der Waals surface area contributed by atoms with Crippen LogP contribution in [0.4, 0.5) is 26.7 Å². The van der Waals surface area contributed by atoms with Crippen molar-refractivity contribution in [2.75, 3.05) is 6.54 Å². The number of hydrogen-bond donors (Lipinski definition) is 1. The molecule has 2 aromatic rings. The number of nitrogens with one attached hydrogen (secondary N) is 1. The molecule has 3 atom stereocenters. The topological polar surface area (TPSA) is 58.6 Å². The highest BCUT2D eigenvalue weighted by Crippen LogP contribution is 2.29. The van der Waals surface area contributed by atoms with E-state index in [-0.39, 0.29) is 17.2 Å². The van der Waals surface area contributed by atoms with Gasteiger partial charge in [-0.15, -0.1) is 0 Å². The van der Waals surface area contributed by atoms with Gasteiger partial charge in [0.2, 0.25) is 0 Å². The lowest BCUT2D eigenvalue weighted by atomic mass is 9.99. The van der Waals surface area contributed by atoms with E-state index in [4.69, 9.17) is 16.3 Å². The molecule has 1 saturated heterocycles. The second-order valence-electron chi connectivity index (χ2n) is 7.19. The van der Waals surface area contributed by atoms with Gasteiger partial charge in [0, 0.05) is 0 Å². The average molecular weight is 477 g/mol. The summed E-state index contributed by atoms with van der Waals surface area (Å²) >= 11 is 5.75. The van der Waals surface area contributed by atoms with Crippen LogP contribution in [0, 0.1) is 5.82 Å². The first kappa shape index (κ1) is 23.8. The lowest BCUT2D eigenvalue weighted by molar-refractivity contribution is -0.174. The van der Waals surface area contributed by atoms with Gasteiger partial charge < -0.3 is 10.1 Å². The van der Waals surface area contributed by atoms with Gasteiger partial charge in [-0.3, -0.25) is 9.69 Å². The normalized spacial score (nSPS) is 20.8. The summed E-state index contributed by atoms with van der Waals surface area (Å²) in [4.78, 5) is 24.9. The summed E-state index contributed by atoms with van der Waals surface area (Å²) in [6.07, 6.45) is -8.69. The van der Waals surface area contributed by atoms with E-state index in [9.17, 15) is 31.5 Å². The third-order valence-electron chi connectivity index (χ3n) is 5.03. The molecule has 1 aliphatic rings. The minimum absolute atomic E-state index is 0.0521. The zero-order valence-electron chi connectivity index (χ0n) is 16.4. The molecule has 0 aromatic heterocycles. The molecular formula is C21H18ClF5N2O3. The maximum atomic E-state index is 14.7. The molecule has 3 rings (SSSR count). The van der Waals surface area contributed by atoms with Crippen LogP contribution in [0.25, 0.3) is 0 Å². The summed E-state index contributed by atoms with van der Waals surface area (Å²) < 4.78 is 72.5. The fourth-order valence-electron chi connectivity index (χ4n) is 3.47. The molecule has 1 heterocycles. The van der Waals surface area contributed by atoms with Crippen molar-refractivity contribution in [2.45, 2.75) is 37.5 Å². The molecule has 2 amide bonds. The Kier molecular flexibility index (Phi) is 7.22. The van der Waals surface area contributed by atoms with Crippen molar-refractivity contribution in [3.05, 3.63) is 70.5 Å². The van der Waals surface area contributed by atoms with Crippen LogP contribution in [0.5, 0.6) is 0 Å². The number of ether oxygens (including phenoxy) is 1. The number of benzene rings is 2. The molecule has 0 radical (unpaired) electrons. The fraction of sp³-hybridized carbons (Fsp3) is 0.333. The number of likely N-dealkylation sites (tertiary alicyclic amines) is 1. The van der Waals surface area contributed by atoms with E-state index < -0.39 is 55.2 Å². The van der Waals surface area contributed by atoms with E-state index in [1.165, 1.54) is 18.2 Å². The molecule has 3 unspecified atom stereocenters. The van der Waals surface area contributed by atoms with Gasteiger partial charge in [0.15, 0.2) is 0 Å². The van der Waals surface area contributed by atoms with Crippen molar-refractivity contribution in [3.63, 3.8) is 0 Å². The molecule has 32 heavy (non-hydrogen) atoms. The van der Waals surface area contributed by atoms with Crippen molar-refractivity contribution in [1.29, 1.82) is 0 Å². The van der Waals surface area contributed by atoms with E-state index in [0.717, 1.165) is 4.90 Å². The van der Waals surface area contributed by atoms with Crippen LogP contribution >= 0.6 is 11.6 Å². The van der Waals surface area contributed by atoms with E-state index in [1.54, 1.807) is 35.6 Å². The van der Waals surface area contributed by atoms with Gasteiger partial charge in [-0.25, -0.2) is 13.6 Å². The molecule has 0 aliphatic carbocycles. The summed E-state index contributed by atoms with van der Waals surface area (Å²) in [7, 11) is 0. The highest BCUT2D eigenvalue weighted by Gasteiger charge is 2.49. The van der Waals surface area contributed by atoms with E-state index in [1.807, 2.05) is 0 Å². The van der Waals surface area contributed by atoms with E-state index >= 15 is 0 Å². The quantitative estimate of drug-likeness (QED) is 0.650. The standard InChI is InChI=1S/C21H18ClF5N2O3/c22-14-8-4-7-13(17(14)24)9-16-18(28-19(30)21(25,26)27)15(23)10-29(16)20(31)32-11-12-5-2-1-3-6-12/h1-8,15-16,18H,9-11H2,(H,28,30). The molecule has 172 valence electrons. The summed E-state index contributed by atoms with van der Waals surface area (Å²) in [5.74, 6) is -3.21. The van der Waals surface area contributed by atoms with E-state index in [2.05, 4.69) is 0 Å². The third kappa shape index (κ3) is 5.48. The lowest BCUT2D eigenvalue weighted by Crippen LogP contribution is -2.53. The van der Waals surface area contributed by atoms with Gasteiger partial charge >= 0.3 is 18.2 Å². The number of carbonyl (C=O) groups is 2. The number of halogens is 6. The van der Waals surface area contributed by atoms with Crippen LogP contribution in [0.2, 0.25) is 5.02 Å². The Morgan fingerprint density at radius 3 is 2.47 bits per heavy atom. The zero-order chi connectivity index (χ0) is 23.5. The van der Waals surface area contributed by atoms with Crippen LogP contribution in [0.3, 0.4) is 0 Å². The van der Waals surface area contributed by atoms with Crippen LogP contribution in [0.1, 0.15) is 11.1 Å². The molecule has 11 heteroatoms. The van der Waals surface area contributed by atoms with Gasteiger partial charge in [0.1, 0.15) is 18.6 Å². The predicted octanol–water partition coefficient (Wildman–Crippen LogP) is 4.43. The first-order chi connectivity index (χ1) is 15.1. The number of nitrogens with zero attached hydrogens (tertiary/aromatic N) is 1. The maximum absolute atomic E-state index is 14.7. The highest BCUT2D eigenvalue weighted by molar-refractivity contribution is 6.30. The van der Waals surface area contributed by atoms with Crippen molar-refractivity contribution in [2.24, 2.45) is 0 Å². The first-order valence-corrected chi connectivity index (χ1v) is 9.87. The maximum Gasteiger partial charge on any atom is 0.471 e. The van der Waals surface area contributed by atoms with Gasteiger partial charge in [-0.2, -0.15) is 13.2 Å². The molecule has 2 aromatic carbocycles. The zero-order valence-corrected chi connectivity index (χ0v) is 17.2. The minimum Gasteiger partial charge on any atom is -0.445 e. The number of hydrogen-bond acceptors (Lipinski definition) is 3. The number of alkyl halides is 4. The van der Waals surface area contributed by atoms with Crippen LogP contribution in [0.15, 0.2) is 48.5 Å². The minimum atomic E-state index is -5.26. The lowest BCUT2D eigenvalue weighted by Gasteiger charge is -2.28. The fourth-order valence-corrected chi connectivity index (χ4v) is 3.67. The number of carbonyl (C=O) groups excluding carboxylic acids is 2. The monoisotopic (exact) mass is 476 g/mol.